The van der Waals surface area contributed by atoms with Gasteiger partial charge in [-0.3, -0.25) is 4.99 Å². The standard InChI is InChI=1S/C12H17N3O2.HI/c13-12(14-6-7-16)15-10-5-8-17-11-4-2-1-3-9(10)11;/h1-4,10,16H,5-8H2,(H3,13,14,15);1H. The zero-order valence-electron chi connectivity index (χ0n) is 10.0. The molecule has 5 nitrogen and oxygen atoms in total. The van der Waals surface area contributed by atoms with Crippen LogP contribution in [-0.2, 0) is 0 Å². The summed E-state index contributed by atoms with van der Waals surface area (Å²) in [6.07, 6.45) is 0.854. The predicted octanol–water partition coefficient (Wildman–Crippen LogP) is 1.02. The Balaban J connectivity index is 0.00000162. The summed E-state index contributed by atoms with van der Waals surface area (Å²) in [5.41, 5.74) is 6.83. The Bertz CT molecular complexity index is 412. The maximum atomic E-state index is 8.67. The van der Waals surface area contributed by atoms with Gasteiger partial charge in [-0.15, -0.1) is 24.0 Å². The number of hydrogen-bond acceptors (Lipinski definition) is 3. The lowest BCUT2D eigenvalue weighted by molar-refractivity contribution is 0.262. The Morgan fingerprint density at radius 1 is 1.50 bits per heavy atom. The van der Waals surface area contributed by atoms with Crippen LogP contribution in [0.15, 0.2) is 29.3 Å². The third-order valence-electron chi connectivity index (χ3n) is 2.66. The van der Waals surface area contributed by atoms with E-state index in [-0.39, 0.29) is 36.6 Å². The Hall–Kier alpha value is -1.02. The number of nitrogens with two attached hydrogens (primary N) is 1. The molecular weight excluding hydrogens is 345 g/mol. The van der Waals surface area contributed by atoms with Gasteiger partial charge in [0.2, 0.25) is 0 Å². The second-order valence-electron chi connectivity index (χ2n) is 3.86. The number of hydrogen-bond donors (Lipinski definition) is 3. The average Bonchev–Trinajstić information content (AvgIpc) is 2.37. The highest BCUT2D eigenvalue weighted by atomic mass is 127. The van der Waals surface area contributed by atoms with E-state index in [9.17, 15) is 0 Å². The largest absolute Gasteiger partial charge is 0.493 e. The highest BCUT2D eigenvalue weighted by Gasteiger charge is 2.20. The van der Waals surface area contributed by atoms with Gasteiger partial charge in [-0.25, -0.2) is 0 Å². The fraction of sp³-hybridized carbons (Fsp3) is 0.417. The molecule has 1 aromatic carbocycles. The smallest absolute Gasteiger partial charge is 0.189 e. The SMILES string of the molecule is I.NC(=NCCO)NC1CCOc2ccccc21. The molecule has 0 aliphatic carbocycles. The number of aliphatic hydroxyl groups excluding tert-OH is 1. The van der Waals surface area contributed by atoms with E-state index in [1.807, 2.05) is 24.3 Å². The van der Waals surface area contributed by atoms with E-state index in [0.29, 0.717) is 19.1 Å². The van der Waals surface area contributed by atoms with E-state index in [0.717, 1.165) is 17.7 Å². The molecule has 0 spiro atoms. The van der Waals surface area contributed by atoms with Crippen molar-refractivity contribution in [3.05, 3.63) is 29.8 Å². The predicted molar refractivity (Wildman–Crippen MR) is 81.4 cm³/mol. The molecule has 4 N–H and O–H groups in total. The molecule has 0 aromatic heterocycles. The molecule has 1 unspecified atom stereocenters. The maximum absolute atomic E-state index is 8.67. The number of benzene rings is 1. The maximum Gasteiger partial charge on any atom is 0.189 e. The van der Waals surface area contributed by atoms with Gasteiger partial charge in [0.25, 0.3) is 0 Å². The third kappa shape index (κ3) is 3.74. The summed E-state index contributed by atoms with van der Waals surface area (Å²) < 4.78 is 5.56. The van der Waals surface area contributed by atoms with Gasteiger partial charge in [0.1, 0.15) is 5.75 Å². The first kappa shape index (κ1) is 15.0. The fourth-order valence-electron chi connectivity index (χ4n) is 1.89. The van der Waals surface area contributed by atoms with Crippen LogP contribution < -0.4 is 15.8 Å². The first-order chi connectivity index (χ1) is 8.31. The summed E-state index contributed by atoms with van der Waals surface area (Å²) in [4.78, 5) is 4.00. The topological polar surface area (TPSA) is 79.9 Å². The molecular formula is C12H18IN3O2. The van der Waals surface area contributed by atoms with Crippen molar-refractivity contribution >= 4 is 29.9 Å². The van der Waals surface area contributed by atoms with Crippen LogP contribution in [0, 0.1) is 0 Å². The van der Waals surface area contributed by atoms with Gasteiger partial charge in [0.15, 0.2) is 5.96 Å². The van der Waals surface area contributed by atoms with Gasteiger partial charge in [-0.2, -0.15) is 0 Å². The lowest BCUT2D eigenvalue weighted by Gasteiger charge is -2.26. The van der Waals surface area contributed by atoms with Gasteiger partial charge in [0, 0.05) is 12.0 Å². The number of aliphatic imine (C=N–C) groups is 1. The Labute approximate surface area is 123 Å². The molecule has 100 valence electrons. The Kier molecular flexibility index (Phi) is 6.20. The van der Waals surface area contributed by atoms with E-state index < -0.39 is 0 Å². The zero-order valence-corrected chi connectivity index (χ0v) is 12.3. The molecule has 0 saturated carbocycles. The molecule has 0 bridgehead atoms. The monoisotopic (exact) mass is 363 g/mol. The van der Waals surface area contributed by atoms with E-state index >= 15 is 0 Å². The average molecular weight is 363 g/mol. The highest BCUT2D eigenvalue weighted by Crippen LogP contribution is 2.31. The number of fused-ring (bicyclic) bond motifs is 1. The lowest BCUT2D eigenvalue weighted by atomic mass is 10.0. The summed E-state index contributed by atoms with van der Waals surface area (Å²) in [7, 11) is 0. The Morgan fingerprint density at radius 2 is 2.28 bits per heavy atom. The van der Waals surface area contributed by atoms with Crippen LogP contribution in [0.5, 0.6) is 5.75 Å². The number of para-hydroxylation sites is 1. The van der Waals surface area contributed by atoms with Crippen LogP contribution in [0.3, 0.4) is 0 Å². The molecule has 0 radical (unpaired) electrons. The molecule has 1 heterocycles. The number of aliphatic hydroxyl groups is 1. The summed E-state index contributed by atoms with van der Waals surface area (Å²) in [6, 6.07) is 8.02. The molecule has 1 aliphatic heterocycles. The first-order valence-corrected chi connectivity index (χ1v) is 5.70. The fourth-order valence-corrected chi connectivity index (χ4v) is 1.89. The van der Waals surface area contributed by atoms with Crippen LogP contribution in [0.4, 0.5) is 0 Å². The van der Waals surface area contributed by atoms with Gasteiger partial charge >= 0.3 is 0 Å². The minimum atomic E-state index is 0. The summed E-state index contributed by atoms with van der Waals surface area (Å²) in [5.74, 6) is 1.26. The summed E-state index contributed by atoms with van der Waals surface area (Å²) in [6.45, 7) is 0.998. The van der Waals surface area contributed by atoms with Crippen molar-refractivity contribution in [1.29, 1.82) is 0 Å². The molecule has 0 amide bonds. The van der Waals surface area contributed by atoms with Crippen LogP contribution in [0.2, 0.25) is 0 Å². The second kappa shape index (κ2) is 7.42. The molecule has 1 aromatic rings. The number of guanidine groups is 1. The van der Waals surface area contributed by atoms with Crippen LogP contribution >= 0.6 is 24.0 Å². The number of rotatable bonds is 3. The molecule has 1 atom stereocenters. The minimum absolute atomic E-state index is 0. The van der Waals surface area contributed by atoms with E-state index in [1.165, 1.54) is 0 Å². The number of ether oxygens (including phenoxy) is 1. The van der Waals surface area contributed by atoms with E-state index in [4.69, 9.17) is 15.6 Å². The zero-order chi connectivity index (χ0) is 12.1. The van der Waals surface area contributed by atoms with Gasteiger partial charge in [-0.05, 0) is 6.07 Å². The van der Waals surface area contributed by atoms with E-state index in [1.54, 1.807) is 0 Å². The van der Waals surface area contributed by atoms with Crippen molar-refractivity contribution in [3.63, 3.8) is 0 Å². The number of nitrogens with one attached hydrogen (secondary N) is 1. The molecule has 1 aliphatic rings. The van der Waals surface area contributed by atoms with Crippen molar-refractivity contribution < 1.29 is 9.84 Å². The van der Waals surface area contributed by atoms with Gasteiger partial charge < -0.3 is 20.9 Å². The molecule has 2 rings (SSSR count). The quantitative estimate of drug-likeness (QED) is 0.426. The van der Waals surface area contributed by atoms with Crippen molar-refractivity contribution in [2.24, 2.45) is 10.7 Å². The number of nitrogens with zero attached hydrogens (tertiary/aromatic N) is 1. The van der Waals surface area contributed by atoms with Crippen LogP contribution in [0.25, 0.3) is 0 Å². The lowest BCUT2D eigenvalue weighted by Crippen LogP contribution is -2.37. The molecule has 18 heavy (non-hydrogen) atoms. The van der Waals surface area contributed by atoms with Gasteiger partial charge in [0.05, 0.1) is 25.8 Å². The summed E-state index contributed by atoms with van der Waals surface area (Å²) >= 11 is 0. The second-order valence-corrected chi connectivity index (χ2v) is 3.86. The van der Waals surface area contributed by atoms with Gasteiger partial charge in [-0.1, -0.05) is 18.2 Å². The summed E-state index contributed by atoms with van der Waals surface area (Å²) in [5, 5.41) is 11.8. The molecule has 0 fully saturated rings. The first-order valence-electron chi connectivity index (χ1n) is 5.70. The van der Waals surface area contributed by atoms with Crippen molar-refractivity contribution in [2.75, 3.05) is 19.8 Å². The van der Waals surface area contributed by atoms with Crippen molar-refractivity contribution in [1.82, 2.24) is 5.32 Å². The van der Waals surface area contributed by atoms with Crippen LogP contribution in [-0.4, -0.2) is 30.8 Å². The molecule has 6 heteroatoms. The van der Waals surface area contributed by atoms with Crippen molar-refractivity contribution in [3.8, 4) is 5.75 Å². The Morgan fingerprint density at radius 3 is 3.06 bits per heavy atom. The number of halogens is 1. The highest BCUT2D eigenvalue weighted by molar-refractivity contribution is 14.0. The minimum Gasteiger partial charge on any atom is -0.493 e. The third-order valence-corrected chi connectivity index (χ3v) is 2.66. The van der Waals surface area contributed by atoms with Crippen LogP contribution in [0.1, 0.15) is 18.0 Å². The van der Waals surface area contributed by atoms with E-state index in [2.05, 4.69) is 10.3 Å². The molecule has 0 saturated heterocycles. The van der Waals surface area contributed by atoms with Crippen molar-refractivity contribution in [2.45, 2.75) is 12.5 Å². The normalized spacial score (nSPS) is 18.3.